The molecule has 0 radical (unpaired) electrons. The Bertz CT molecular complexity index is 822. The predicted molar refractivity (Wildman–Crippen MR) is 90.9 cm³/mol. The minimum absolute atomic E-state index is 0.124. The van der Waals surface area contributed by atoms with Gasteiger partial charge in [-0.2, -0.15) is 0 Å². The number of thioether (sulfide) groups is 1. The van der Waals surface area contributed by atoms with Crippen LogP contribution in [0.2, 0.25) is 0 Å². The third kappa shape index (κ3) is 3.11. The summed E-state index contributed by atoms with van der Waals surface area (Å²) in [6.07, 6.45) is 1.12. The normalized spacial score (nSPS) is 19.8. The van der Waals surface area contributed by atoms with Crippen molar-refractivity contribution >= 4 is 35.2 Å². The molecule has 2 aromatic rings. The molecule has 2 aliphatic rings. The second kappa shape index (κ2) is 6.47. The molecule has 1 fully saturated rings. The van der Waals surface area contributed by atoms with Crippen LogP contribution < -0.4 is 10.2 Å². The summed E-state index contributed by atoms with van der Waals surface area (Å²) in [5.74, 6) is 0.200. The van der Waals surface area contributed by atoms with Crippen molar-refractivity contribution in [1.29, 1.82) is 0 Å². The van der Waals surface area contributed by atoms with Crippen LogP contribution in [-0.4, -0.2) is 38.9 Å². The molecule has 2 aliphatic heterocycles. The molecule has 0 aliphatic carbocycles. The Kier molecular flexibility index (Phi) is 4.16. The van der Waals surface area contributed by atoms with Gasteiger partial charge in [0.05, 0.1) is 5.92 Å². The number of nitrogens with one attached hydrogen (secondary N) is 1. The van der Waals surface area contributed by atoms with E-state index in [0.29, 0.717) is 11.6 Å². The van der Waals surface area contributed by atoms with Gasteiger partial charge in [-0.15, -0.1) is 10.2 Å². The SMILES string of the molecule is O=C(Nc1nnc2n1CCCS2)C1CC(=O)N(c2ccc(F)cc2)C1. The molecular formula is C16H16FN5O2S. The van der Waals surface area contributed by atoms with Gasteiger partial charge in [-0.25, -0.2) is 4.39 Å². The number of carbonyl (C=O) groups is 2. The van der Waals surface area contributed by atoms with Gasteiger partial charge in [-0.05, 0) is 30.7 Å². The van der Waals surface area contributed by atoms with Gasteiger partial charge in [-0.3, -0.25) is 19.5 Å². The van der Waals surface area contributed by atoms with Gasteiger partial charge in [0, 0.05) is 31.0 Å². The smallest absolute Gasteiger partial charge is 0.232 e. The van der Waals surface area contributed by atoms with Gasteiger partial charge in [0.25, 0.3) is 0 Å². The van der Waals surface area contributed by atoms with Gasteiger partial charge in [-0.1, -0.05) is 11.8 Å². The van der Waals surface area contributed by atoms with Gasteiger partial charge in [0.15, 0.2) is 5.16 Å². The van der Waals surface area contributed by atoms with Gasteiger partial charge >= 0.3 is 0 Å². The Morgan fingerprint density at radius 1 is 1.28 bits per heavy atom. The minimum Gasteiger partial charge on any atom is -0.312 e. The fourth-order valence-corrected chi connectivity index (χ4v) is 3.93. The molecule has 9 heteroatoms. The molecule has 3 heterocycles. The Labute approximate surface area is 147 Å². The Balaban J connectivity index is 1.45. The van der Waals surface area contributed by atoms with E-state index in [2.05, 4.69) is 15.5 Å². The van der Waals surface area contributed by atoms with Crippen LogP contribution in [0, 0.1) is 11.7 Å². The Hall–Kier alpha value is -2.42. The number of rotatable bonds is 3. The lowest BCUT2D eigenvalue weighted by Gasteiger charge is -2.17. The quantitative estimate of drug-likeness (QED) is 0.903. The van der Waals surface area contributed by atoms with Crippen LogP contribution in [0.1, 0.15) is 12.8 Å². The van der Waals surface area contributed by atoms with E-state index >= 15 is 0 Å². The molecule has 2 amide bonds. The van der Waals surface area contributed by atoms with E-state index < -0.39 is 5.92 Å². The fraction of sp³-hybridized carbons (Fsp3) is 0.375. The molecular weight excluding hydrogens is 345 g/mol. The number of benzene rings is 1. The van der Waals surface area contributed by atoms with Crippen molar-refractivity contribution in [3.63, 3.8) is 0 Å². The largest absolute Gasteiger partial charge is 0.312 e. The first-order valence-electron chi connectivity index (χ1n) is 8.04. The number of amides is 2. The number of carbonyl (C=O) groups excluding carboxylic acids is 2. The van der Waals surface area contributed by atoms with Crippen LogP contribution in [0.15, 0.2) is 29.4 Å². The minimum atomic E-state index is -0.471. The second-order valence-corrected chi connectivity index (χ2v) is 7.09. The monoisotopic (exact) mass is 361 g/mol. The molecule has 1 atom stereocenters. The van der Waals surface area contributed by atoms with Crippen molar-refractivity contribution in [3.8, 4) is 0 Å². The van der Waals surface area contributed by atoms with E-state index in [1.54, 1.807) is 23.9 Å². The maximum atomic E-state index is 13.0. The van der Waals surface area contributed by atoms with Crippen LogP contribution >= 0.6 is 11.8 Å². The van der Waals surface area contributed by atoms with Crippen LogP contribution in [0.4, 0.5) is 16.0 Å². The summed E-state index contributed by atoms with van der Waals surface area (Å²) in [7, 11) is 0. The van der Waals surface area contributed by atoms with Gasteiger partial charge in [0.1, 0.15) is 5.82 Å². The zero-order valence-corrected chi connectivity index (χ0v) is 14.1. The van der Waals surface area contributed by atoms with Crippen molar-refractivity contribution in [2.75, 3.05) is 22.5 Å². The number of aromatic nitrogens is 3. The van der Waals surface area contributed by atoms with Crippen LogP contribution in [-0.2, 0) is 16.1 Å². The standard InChI is InChI=1S/C16H16FN5O2S/c17-11-2-4-12(5-3-11)22-9-10(8-13(22)23)14(24)18-15-19-20-16-21(15)6-1-7-25-16/h2-5,10H,1,6-9H2,(H,18,19,24). The lowest BCUT2D eigenvalue weighted by atomic mass is 10.1. The van der Waals surface area contributed by atoms with E-state index in [1.807, 2.05) is 4.57 Å². The highest BCUT2D eigenvalue weighted by atomic mass is 32.2. The summed E-state index contributed by atoms with van der Waals surface area (Å²) in [5, 5.41) is 11.7. The summed E-state index contributed by atoms with van der Waals surface area (Å²) >= 11 is 1.61. The highest BCUT2D eigenvalue weighted by molar-refractivity contribution is 7.99. The average Bonchev–Trinajstić information content (AvgIpc) is 3.20. The molecule has 7 nitrogen and oxygen atoms in total. The van der Waals surface area contributed by atoms with Crippen molar-refractivity contribution in [2.24, 2.45) is 5.92 Å². The van der Waals surface area contributed by atoms with Crippen molar-refractivity contribution in [1.82, 2.24) is 14.8 Å². The molecule has 1 aromatic heterocycles. The van der Waals surface area contributed by atoms with E-state index in [0.717, 1.165) is 23.9 Å². The Morgan fingerprint density at radius 3 is 2.88 bits per heavy atom. The topological polar surface area (TPSA) is 80.1 Å². The third-order valence-corrected chi connectivity index (χ3v) is 5.40. The predicted octanol–water partition coefficient (Wildman–Crippen LogP) is 1.90. The summed E-state index contributed by atoms with van der Waals surface area (Å²) in [5.41, 5.74) is 0.595. The van der Waals surface area contributed by atoms with Crippen LogP contribution in [0.5, 0.6) is 0 Å². The van der Waals surface area contributed by atoms with Crippen LogP contribution in [0.3, 0.4) is 0 Å². The first-order chi connectivity index (χ1) is 12.1. The number of anilines is 2. The number of halogens is 1. The summed E-state index contributed by atoms with van der Waals surface area (Å²) in [4.78, 5) is 26.3. The molecule has 0 saturated carbocycles. The zero-order valence-electron chi connectivity index (χ0n) is 13.3. The summed E-state index contributed by atoms with van der Waals surface area (Å²) in [6, 6.07) is 5.69. The number of fused-ring (bicyclic) bond motifs is 1. The lowest BCUT2D eigenvalue weighted by Crippen LogP contribution is -2.29. The lowest BCUT2D eigenvalue weighted by molar-refractivity contribution is -0.122. The molecule has 1 unspecified atom stereocenters. The molecule has 0 bridgehead atoms. The number of hydrogen-bond acceptors (Lipinski definition) is 5. The van der Waals surface area contributed by atoms with Crippen molar-refractivity contribution < 1.29 is 14.0 Å². The van der Waals surface area contributed by atoms with Crippen molar-refractivity contribution in [2.45, 2.75) is 24.5 Å². The van der Waals surface area contributed by atoms with Crippen molar-refractivity contribution in [3.05, 3.63) is 30.1 Å². The first-order valence-corrected chi connectivity index (χ1v) is 9.03. The Morgan fingerprint density at radius 2 is 2.08 bits per heavy atom. The molecule has 1 aromatic carbocycles. The number of hydrogen-bond donors (Lipinski definition) is 1. The summed E-state index contributed by atoms with van der Waals surface area (Å²) in [6.45, 7) is 1.04. The maximum Gasteiger partial charge on any atom is 0.232 e. The molecule has 4 rings (SSSR count). The summed E-state index contributed by atoms with van der Waals surface area (Å²) < 4.78 is 14.9. The van der Waals surface area contributed by atoms with Gasteiger partial charge < -0.3 is 4.90 Å². The highest BCUT2D eigenvalue weighted by Gasteiger charge is 2.35. The fourth-order valence-electron chi connectivity index (χ4n) is 3.04. The van der Waals surface area contributed by atoms with E-state index in [4.69, 9.17) is 0 Å². The highest BCUT2D eigenvalue weighted by Crippen LogP contribution is 2.28. The molecule has 1 N–H and O–H groups in total. The van der Waals surface area contributed by atoms with Crippen LogP contribution in [0.25, 0.3) is 0 Å². The van der Waals surface area contributed by atoms with Gasteiger partial charge in [0.2, 0.25) is 17.8 Å². The zero-order chi connectivity index (χ0) is 17.4. The third-order valence-electron chi connectivity index (χ3n) is 4.34. The molecule has 1 saturated heterocycles. The molecule has 0 spiro atoms. The van der Waals surface area contributed by atoms with E-state index in [-0.39, 0.29) is 30.6 Å². The number of nitrogens with zero attached hydrogens (tertiary/aromatic N) is 4. The average molecular weight is 361 g/mol. The second-order valence-electron chi connectivity index (χ2n) is 6.03. The first kappa shape index (κ1) is 16.1. The van der Waals surface area contributed by atoms with E-state index in [9.17, 15) is 14.0 Å². The maximum absolute atomic E-state index is 13.0. The van der Waals surface area contributed by atoms with E-state index in [1.165, 1.54) is 17.0 Å². The molecule has 25 heavy (non-hydrogen) atoms. The molecule has 130 valence electrons.